The largest absolute Gasteiger partial charge is 0.457 e. The summed E-state index contributed by atoms with van der Waals surface area (Å²) in [6.07, 6.45) is 0. The molecule has 13 aromatic rings. The first kappa shape index (κ1) is 47.1. The molecule has 0 saturated heterocycles. The molecule has 2 heterocycles. The summed E-state index contributed by atoms with van der Waals surface area (Å²) in [7, 11) is 0. The van der Waals surface area contributed by atoms with Crippen LogP contribution in [0.3, 0.4) is 0 Å². The summed E-state index contributed by atoms with van der Waals surface area (Å²) in [6, 6.07) is 113. The van der Waals surface area contributed by atoms with Gasteiger partial charge in [0, 0.05) is 39.2 Å². The summed E-state index contributed by atoms with van der Waals surface area (Å²) >= 11 is 0. The van der Waals surface area contributed by atoms with Crippen LogP contribution in [-0.2, 0) is 10.8 Å². The maximum atomic E-state index is 6.72. The second-order valence-corrected chi connectivity index (χ2v) is 22.2. The fourth-order valence-electron chi connectivity index (χ4n) is 14.6. The molecule has 0 N–H and O–H groups in total. The molecule has 0 radical (unpaired) electrons. The normalized spacial score (nSPS) is 13.7. The Balaban J connectivity index is 0.854. The second kappa shape index (κ2) is 18.4. The number of benzene rings is 13. The summed E-state index contributed by atoms with van der Waals surface area (Å²) in [5, 5.41) is 0. The van der Waals surface area contributed by atoms with E-state index in [-0.39, 0.29) is 0 Å². The standard InChI is InChI=1S/C80H51NO2/c1-2-21-52(22-3-1)53-43-45-54(46-44-53)60-27-6-13-38-73(60)81(58-25-18-23-55(49-58)56-47-48-63-62-28-4-7-31-65(62)80(72(63)51-56)69-35-11-16-41-76(69)83-77-42-17-12-36-70(77)80)59-26-19-24-57(50-59)61-30-20-37-71-78(61)64-29-5-8-32-66(64)79(71)67-33-9-14-39-74(67)82-75-40-15-10-34-68(75)79/h1-51H. The average Bonchev–Trinajstić information content (AvgIpc) is 1.99. The summed E-state index contributed by atoms with van der Waals surface area (Å²) in [6.45, 7) is 0. The Morgan fingerprint density at radius 3 is 1.23 bits per heavy atom. The van der Waals surface area contributed by atoms with Crippen molar-refractivity contribution >= 4 is 17.1 Å². The topological polar surface area (TPSA) is 21.7 Å². The van der Waals surface area contributed by atoms with Crippen molar-refractivity contribution in [1.82, 2.24) is 0 Å². The van der Waals surface area contributed by atoms with Gasteiger partial charge in [0.1, 0.15) is 23.0 Å². The van der Waals surface area contributed by atoms with Gasteiger partial charge in [0.05, 0.1) is 16.5 Å². The van der Waals surface area contributed by atoms with Crippen LogP contribution in [0.5, 0.6) is 23.0 Å². The molecule has 388 valence electrons. The highest BCUT2D eigenvalue weighted by atomic mass is 16.5. The van der Waals surface area contributed by atoms with Gasteiger partial charge in [0.25, 0.3) is 0 Å². The van der Waals surface area contributed by atoms with E-state index in [4.69, 9.17) is 9.47 Å². The summed E-state index contributed by atoms with van der Waals surface area (Å²) < 4.78 is 13.4. The predicted molar refractivity (Wildman–Crippen MR) is 338 cm³/mol. The van der Waals surface area contributed by atoms with Gasteiger partial charge >= 0.3 is 0 Å². The number of anilines is 3. The minimum atomic E-state index is -0.582. The number of nitrogens with zero attached hydrogens (tertiary/aromatic N) is 1. The Hall–Kier alpha value is -10.7. The Kier molecular flexibility index (Phi) is 10.4. The van der Waals surface area contributed by atoms with Crippen LogP contribution in [0.4, 0.5) is 17.1 Å². The molecule has 83 heavy (non-hydrogen) atoms. The van der Waals surface area contributed by atoms with Gasteiger partial charge in [-0.1, -0.05) is 249 Å². The predicted octanol–water partition coefficient (Wildman–Crippen LogP) is 20.8. The van der Waals surface area contributed by atoms with E-state index in [1.807, 2.05) is 0 Å². The van der Waals surface area contributed by atoms with Crippen LogP contribution in [0.25, 0.3) is 66.8 Å². The van der Waals surface area contributed by atoms with E-state index in [9.17, 15) is 0 Å². The molecule has 2 aliphatic carbocycles. The Labute approximate surface area is 483 Å². The molecule has 3 heteroatoms. The van der Waals surface area contributed by atoms with E-state index < -0.39 is 10.8 Å². The third-order valence-electron chi connectivity index (χ3n) is 18.0. The number of ether oxygens (including phenoxy) is 2. The molecule has 0 saturated carbocycles. The van der Waals surface area contributed by atoms with Gasteiger partial charge in [-0.15, -0.1) is 0 Å². The molecule has 13 aromatic carbocycles. The van der Waals surface area contributed by atoms with Crippen LogP contribution in [-0.4, -0.2) is 0 Å². The van der Waals surface area contributed by atoms with Gasteiger partial charge in [-0.3, -0.25) is 0 Å². The lowest BCUT2D eigenvalue weighted by Gasteiger charge is -2.39. The number of hydrogen-bond acceptors (Lipinski definition) is 3. The molecule has 0 fully saturated rings. The van der Waals surface area contributed by atoms with Gasteiger partial charge in [0.2, 0.25) is 0 Å². The van der Waals surface area contributed by atoms with E-state index in [1.165, 1.54) is 61.2 Å². The fraction of sp³-hybridized carbons (Fsp3) is 0.0250. The Bertz CT molecular complexity index is 4670. The molecule has 0 atom stereocenters. The first-order chi connectivity index (χ1) is 41.2. The van der Waals surface area contributed by atoms with Crippen LogP contribution < -0.4 is 14.4 Å². The highest BCUT2D eigenvalue weighted by Crippen LogP contribution is 2.65. The SMILES string of the molecule is c1ccc(-c2ccc(-c3ccccc3N(c3cccc(-c4ccc5c(c4)C4(c6ccccc6Oc6ccccc64)c4ccccc4-5)c3)c3cccc(-c4cccc5c4-c4ccccc4C54c5ccccc5Oc5ccccc54)c3)cc2)cc1. The molecule has 0 unspecified atom stereocenters. The van der Waals surface area contributed by atoms with Crippen LogP contribution in [0.1, 0.15) is 44.5 Å². The van der Waals surface area contributed by atoms with Crippen molar-refractivity contribution < 1.29 is 9.47 Å². The molecule has 17 rings (SSSR count). The molecule has 2 aliphatic heterocycles. The summed E-state index contributed by atoms with van der Waals surface area (Å²) in [5.74, 6) is 3.54. The minimum Gasteiger partial charge on any atom is -0.457 e. The van der Waals surface area contributed by atoms with Crippen molar-refractivity contribution in [2.75, 3.05) is 4.90 Å². The maximum Gasteiger partial charge on any atom is 0.132 e. The third-order valence-corrected chi connectivity index (χ3v) is 18.0. The Morgan fingerprint density at radius 2 is 0.602 bits per heavy atom. The molecule has 0 aromatic heterocycles. The quantitative estimate of drug-likeness (QED) is 0.159. The highest BCUT2D eigenvalue weighted by Gasteiger charge is 2.53. The molecule has 0 bridgehead atoms. The zero-order chi connectivity index (χ0) is 54.6. The monoisotopic (exact) mass is 1060 g/mol. The minimum absolute atomic E-state index is 0.579. The highest BCUT2D eigenvalue weighted by molar-refractivity contribution is 5.99. The zero-order valence-corrected chi connectivity index (χ0v) is 45.2. The maximum absolute atomic E-state index is 6.72. The molecule has 0 amide bonds. The van der Waals surface area contributed by atoms with Gasteiger partial charge in [-0.25, -0.2) is 0 Å². The van der Waals surface area contributed by atoms with Crippen molar-refractivity contribution in [3.8, 4) is 89.8 Å². The summed E-state index contributed by atoms with van der Waals surface area (Å²) in [4.78, 5) is 2.46. The molecule has 4 aliphatic rings. The lowest BCUT2D eigenvalue weighted by molar-refractivity contribution is 0.436. The Morgan fingerprint density at radius 1 is 0.217 bits per heavy atom. The fourth-order valence-corrected chi connectivity index (χ4v) is 14.6. The molecule has 2 spiro atoms. The number of fused-ring (bicyclic) bond motifs is 18. The first-order valence-electron chi connectivity index (χ1n) is 28.6. The lowest BCUT2D eigenvalue weighted by Crippen LogP contribution is -2.32. The van der Waals surface area contributed by atoms with Crippen molar-refractivity contribution in [3.05, 3.63) is 354 Å². The van der Waals surface area contributed by atoms with Crippen LogP contribution >= 0.6 is 0 Å². The van der Waals surface area contributed by atoms with Crippen molar-refractivity contribution in [1.29, 1.82) is 0 Å². The van der Waals surface area contributed by atoms with Crippen LogP contribution in [0.2, 0.25) is 0 Å². The van der Waals surface area contributed by atoms with Crippen molar-refractivity contribution in [2.45, 2.75) is 10.8 Å². The molecular weight excluding hydrogens is 1010 g/mol. The molecule has 3 nitrogen and oxygen atoms in total. The third kappa shape index (κ3) is 6.86. The molecular formula is C80H51NO2. The van der Waals surface area contributed by atoms with Gasteiger partial charge in [-0.05, 0) is 144 Å². The summed E-state index contributed by atoms with van der Waals surface area (Å²) in [5.41, 5.74) is 25.8. The van der Waals surface area contributed by atoms with E-state index in [2.05, 4.69) is 314 Å². The average molecular weight is 1060 g/mol. The van der Waals surface area contributed by atoms with E-state index in [0.717, 1.165) is 90.1 Å². The van der Waals surface area contributed by atoms with Gasteiger partial charge in [0.15, 0.2) is 0 Å². The van der Waals surface area contributed by atoms with Gasteiger partial charge < -0.3 is 14.4 Å². The second-order valence-electron chi connectivity index (χ2n) is 22.2. The zero-order valence-electron chi connectivity index (χ0n) is 45.2. The van der Waals surface area contributed by atoms with Crippen LogP contribution in [0.15, 0.2) is 309 Å². The lowest BCUT2D eigenvalue weighted by atomic mass is 9.66. The number of hydrogen-bond donors (Lipinski definition) is 0. The van der Waals surface area contributed by atoms with Gasteiger partial charge in [-0.2, -0.15) is 0 Å². The van der Waals surface area contributed by atoms with Crippen molar-refractivity contribution in [3.63, 3.8) is 0 Å². The smallest absolute Gasteiger partial charge is 0.132 e. The van der Waals surface area contributed by atoms with E-state index >= 15 is 0 Å². The first-order valence-corrected chi connectivity index (χ1v) is 28.6. The van der Waals surface area contributed by atoms with Crippen LogP contribution in [0, 0.1) is 0 Å². The number of para-hydroxylation sites is 5. The van der Waals surface area contributed by atoms with E-state index in [1.54, 1.807) is 0 Å². The number of rotatable bonds is 7. The van der Waals surface area contributed by atoms with E-state index in [0.29, 0.717) is 0 Å². The van der Waals surface area contributed by atoms with Crippen molar-refractivity contribution in [2.24, 2.45) is 0 Å².